The summed E-state index contributed by atoms with van der Waals surface area (Å²) >= 11 is 0. The van der Waals surface area contributed by atoms with Crippen molar-refractivity contribution in [3.05, 3.63) is 54.1 Å². The van der Waals surface area contributed by atoms with Crippen molar-refractivity contribution in [2.75, 3.05) is 42.9 Å². The number of amides is 1. The topological polar surface area (TPSA) is 48.5 Å². The molecule has 27 heavy (non-hydrogen) atoms. The molecule has 5 nitrogen and oxygen atoms in total. The minimum absolute atomic E-state index is 0.0734. The Kier molecular flexibility index (Phi) is 6.27. The van der Waals surface area contributed by atoms with Crippen LogP contribution < -0.4 is 10.2 Å². The first-order valence-electron chi connectivity index (χ1n) is 9.53. The molecule has 6 heteroatoms. The molecule has 2 heterocycles. The molecule has 1 fully saturated rings. The number of aromatic nitrogens is 1. The first-order chi connectivity index (χ1) is 13.0. The van der Waals surface area contributed by atoms with Gasteiger partial charge in [-0.2, -0.15) is 0 Å². The van der Waals surface area contributed by atoms with E-state index in [0.717, 1.165) is 18.7 Å². The average molecular weight is 370 g/mol. The molecule has 144 valence electrons. The van der Waals surface area contributed by atoms with Gasteiger partial charge in [0.1, 0.15) is 11.5 Å². The van der Waals surface area contributed by atoms with E-state index in [9.17, 15) is 9.18 Å². The number of nitrogens with one attached hydrogen (secondary N) is 1. The Morgan fingerprint density at radius 3 is 2.63 bits per heavy atom. The minimum atomic E-state index is -0.223. The number of halogens is 1. The van der Waals surface area contributed by atoms with Gasteiger partial charge in [-0.15, -0.1) is 0 Å². The standard InChI is InChI=1S/C21H27FN4O/c1-16(2)7-9-23-17-8-10-24-19(15-17)21(27)26-13-11-25(12-14-26)20-6-4-3-5-18(20)22/h3-6,8,10,15-16H,7,9,11-14H2,1-2H3,(H,23,24). The zero-order chi connectivity index (χ0) is 19.2. The molecular weight excluding hydrogens is 343 g/mol. The van der Waals surface area contributed by atoms with Gasteiger partial charge in [0.25, 0.3) is 5.91 Å². The van der Waals surface area contributed by atoms with Gasteiger partial charge in [-0.1, -0.05) is 26.0 Å². The second-order valence-electron chi connectivity index (χ2n) is 7.27. The maximum atomic E-state index is 14.0. The lowest BCUT2D eigenvalue weighted by Gasteiger charge is -2.36. The maximum absolute atomic E-state index is 14.0. The molecule has 0 saturated carbocycles. The average Bonchev–Trinajstić information content (AvgIpc) is 2.68. The van der Waals surface area contributed by atoms with E-state index in [2.05, 4.69) is 24.1 Å². The summed E-state index contributed by atoms with van der Waals surface area (Å²) in [6.45, 7) is 7.57. The molecule has 0 unspecified atom stereocenters. The molecule has 1 N–H and O–H groups in total. The summed E-state index contributed by atoms with van der Waals surface area (Å²) in [5, 5.41) is 3.35. The van der Waals surface area contributed by atoms with Crippen molar-refractivity contribution >= 4 is 17.3 Å². The number of benzene rings is 1. The van der Waals surface area contributed by atoms with Gasteiger partial charge in [-0.05, 0) is 36.6 Å². The highest BCUT2D eigenvalue weighted by Crippen LogP contribution is 2.21. The Morgan fingerprint density at radius 2 is 1.93 bits per heavy atom. The van der Waals surface area contributed by atoms with Gasteiger partial charge in [-0.25, -0.2) is 4.39 Å². The van der Waals surface area contributed by atoms with Crippen LogP contribution in [0.2, 0.25) is 0 Å². The Hall–Kier alpha value is -2.63. The number of hydrogen-bond donors (Lipinski definition) is 1. The first kappa shape index (κ1) is 19.1. The summed E-state index contributed by atoms with van der Waals surface area (Å²) < 4.78 is 14.0. The molecule has 1 aromatic heterocycles. The predicted molar refractivity (Wildman–Crippen MR) is 107 cm³/mol. The quantitative estimate of drug-likeness (QED) is 0.843. The number of para-hydroxylation sites is 1. The summed E-state index contributed by atoms with van der Waals surface area (Å²) in [5.41, 5.74) is 1.96. The zero-order valence-corrected chi connectivity index (χ0v) is 16.0. The van der Waals surface area contributed by atoms with Crippen molar-refractivity contribution < 1.29 is 9.18 Å². The predicted octanol–water partition coefficient (Wildman–Crippen LogP) is 3.64. The van der Waals surface area contributed by atoms with E-state index in [1.807, 2.05) is 23.1 Å². The van der Waals surface area contributed by atoms with Crippen LogP contribution in [-0.2, 0) is 0 Å². The molecule has 2 aromatic rings. The summed E-state index contributed by atoms with van der Waals surface area (Å²) in [7, 11) is 0. The molecule has 1 aromatic carbocycles. The van der Waals surface area contributed by atoms with Crippen LogP contribution >= 0.6 is 0 Å². The summed E-state index contributed by atoms with van der Waals surface area (Å²) in [5.74, 6) is 0.334. The van der Waals surface area contributed by atoms with E-state index in [4.69, 9.17) is 0 Å². The Labute approximate surface area is 160 Å². The highest BCUT2D eigenvalue weighted by atomic mass is 19.1. The summed E-state index contributed by atoms with van der Waals surface area (Å²) in [6, 6.07) is 10.5. The van der Waals surface area contributed by atoms with Crippen molar-refractivity contribution in [2.24, 2.45) is 5.92 Å². The fourth-order valence-corrected chi connectivity index (χ4v) is 3.18. The van der Waals surface area contributed by atoms with Crippen LogP contribution in [0.15, 0.2) is 42.6 Å². The van der Waals surface area contributed by atoms with E-state index in [1.54, 1.807) is 23.2 Å². The third kappa shape index (κ3) is 4.96. The molecule has 3 rings (SSSR count). The van der Waals surface area contributed by atoms with Crippen molar-refractivity contribution in [2.45, 2.75) is 20.3 Å². The normalized spacial score (nSPS) is 14.5. The number of rotatable bonds is 6. The molecule has 0 aliphatic carbocycles. The van der Waals surface area contributed by atoms with Gasteiger partial charge in [0.15, 0.2) is 0 Å². The molecule has 1 saturated heterocycles. The molecule has 0 spiro atoms. The summed E-state index contributed by atoms with van der Waals surface area (Å²) in [6.07, 6.45) is 2.74. The Bertz CT molecular complexity index is 772. The minimum Gasteiger partial charge on any atom is -0.385 e. The van der Waals surface area contributed by atoms with Gasteiger partial charge in [0.2, 0.25) is 0 Å². The second kappa shape index (κ2) is 8.84. The first-order valence-corrected chi connectivity index (χ1v) is 9.53. The SMILES string of the molecule is CC(C)CCNc1ccnc(C(=O)N2CCN(c3ccccc3F)CC2)c1. The van der Waals surface area contributed by atoms with Crippen LogP contribution in [0.3, 0.4) is 0 Å². The monoisotopic (exact) mass is 370 g/mol. The van der Waals surface area contributed by atoms with Gasteiger partial charge < -0.3 is 15.1 Å². The van der Waals surface area contributed by atoms with Crippen LogP contribution in [0, 0.1) is 11.7 Å². The van der Waals surface area contributed by atoms with Crippen LogP contribution in [-0.4, -0.2) is 48.5 Å². The van der Waals surface area contributed by atoms with Gasteiger partial charge in [0, 0.05) is 44.6 Å². The van der Waals surface area contributed by atoms with Crippen LogP contribution in [0.4, 0.5) is 15.8 Å². The molecule has 1 aliphatic rings. The Morgan fingerprint density at radius 1 is 1.19 bits per heavy atom. The van der Waals surface area contributed by atoms with Gasteiger partial charge in [-0.3, -0.25) is 9.78 Å². The number of carbonyl (C=O) groups is 1. The molecular formula is C21H27FN4O. The second-order valence-corrected chi connectivity index (χ2v) is 7.27. The highest BCUT2D eigenvalue weighted by Gasteiger charge is 2.24. The molecule has 0 bridgehead atoms. The molecule has 1 amide bonds. The van der Waals surface area contributed by atoms with Crippen LogP contribution in [0.5, 0.6) is 0 Å². The molecule has 1 aliphatic heterocycles. The number of pyridine rings is 1. The largest absolute Gasteiger partial charge is 0.385 e. The number of anilines is 2. The maximum Gasteiger partial charge on any atom is 0.272 e. The lowest BCUT2D eigenvalue weighted by atomic mass is 10.1. The highest BCUT2D eigenvalue weighted by molar-refractivity contribution is 5.93. The third-order valence-electron chi connectivity index (χ3n) is 4.79. The van der Waals surface area contributed by atoms with Crippen LogP contribution in [0.25, 0.3) is 0 Å². The van der Waals surface area contributed by atoms with Gasteiger partial charge >= 0.3 is 0 Å². The van der Waals surface area contributed by atoms with E-state index < -0.39 is 0 Å². The number of piperazine rings is 1. The lowest BCUT2D eigenvalue weighted by Crippen LogP contribution is -2.49. The van der Waals surface area contributed by atoms with Gasteiger partial charge in [0.05, 0.1) is 5.69 Å². The van der Waals surface area contributed by atoms with Crippen molar-refractivity contribution in [1.82, 2.24) is 9.88 Å². The fourth-order valence-electron chi connectivity index (χ4n) is 3.18. The van der Waals surface area contributed by atoms with Crippen molar-refractivity contribution in [3.8, 4) is 0 Å². The lowest BCUT2D eigenvalue weighted by molar-refractivity contribution is 0.0741. The smallest absolute Gasteiger partial charge is 0.272 e. The van der Waals surface area contributed by atoms with E-state index in [0.29, 0.717) is 43.5 Å². The number of nitrogens with zero attached hydrogens (tertiary/aromatic N) is 3. The van der Waals surface area contributed by atoms with E-state index in [1.165, 1.54) is 6.07 Å². The van der Waals surface area contributed by atoms with Crippen LogP contribution in [0.1, 0.15) is 30.8 Å². The fraction of sp³-hybridized carbons (Fsp3) is 0.429. The number of hydrogen-bond acceptors (Lipinski definition) is 4. The molecule has 0 radical (unpaired) electrons. The van der Waals surface area contributed by atoms with Crippen molar-refractivity contribution in [3.63, 3.8) is 0 Å². The zero-order valence-electron chi connectivity index (χ0n) is 16.0. The Balaban J connectivity index is 1.58. The van der Waals surface area contributed by atoms with E-state index in [-0.39, 0.29) is 11.7 Å². The van der Waals surface area contributed by atoms with Crippen molar-refractivity contribution in [1.29, 1.82) is 0 Å². The van der Waals surface area contributed by atoms with E-state index >= 15 is 0 Å². The molecule has 0 atom stereocenters. The summed E-state index contributed by atoms with van der Waals surface area (Å²) in [4.78, 5) is 20.8. The third-order valence-corrected chi connectivity index (χ3v) is 4.79. The number of carbonyl (C=O) groups excluding carboxylic acids is 1.